The van der Waals surface area contributed by atoms with Crippen molar-refractivity contribution >= 4 is 5.91 Å². The van der Waals surface area contributed by atoms with Crippen LogP contribution in [0.5, 0.6) is 0 Å². The second-order valence-corrected chi connectivity index (χ2v) is 11.0. The number of rotatable bonds is 8. The lowest BCUT2D eigenvalue weighted by molar-refractivity contribution is -0.184. The van der Waals surface area contributed by atoms with Gasteiger partial charge in [-0.15, -0.1) is 0 Å². The Bertz CT molecular complexity index is 1060. The summed E-state index contributed by atoms with van der Waals surface area (Å²) in [6, 6.07) is 9.75. The Morgan fingerprint density at radius 1 is 1.16 bits per heavy atom. The number of pyridine rings is 1. The SMILES string of the molecule is COC[C@H](NC(=O)c1cnc2c(c1)CN(CC1CCC(C(F)(F)F)CC1)[C@H]2C(C)C)c1ccc(C)cc1. The monoisotopic (exact) mass is 517 g/mol. The van der Waals surface area contributed by atoms with Crippen LogP contribution in [0.4, 0.5) is 13.2 Å². The van der Waals surface area contributed by atoms with Crippen LogP contribution in [0.15, 0.2) is 36.5 Å². The molecule has 1 N–H and O–H groups in total. The number of benzene rings is 1. The molecule has 4 rings (SSSR count). The summed E-state index contributed by atoms with van der Waals surface area (Å²) in [6.45, 7) is 8.08. The highest BCUT2D eigenvalue weighted by molar-refractivity contribution is 5.94. The second-order valence-electron chi connectivity index (χ2n) is 11.0. The fourth-order valence-electron chi connectivity index (χ4n) is 5.88. The van der Waals surface area contributed by atoms with Crippen LogP contribution >= 0.6 is 0 Å². The molecule has 0 saturated heterocycles. The van der Waals surface area contributed by atoms with Crippen molar-refractivity contribution in [3.8, 4) is 0 Å². The second kappa shape index (κ2) is 11.5. The Labute approximate surface area is 217 Å². The number of aromatic nitrogens is 1. The Morgan fingerprint density at radius 3 is 2.43 bits per heavy atom. The van der Waals surface area contributed by atoms with Crippen molar-refractivity contribution in [2.24, 2.45) is 17.8 Å². The van der Waals surface area contributed by atoms with Gasteiger partial charge in [-0.1, -0.05) is 43.7 Å². The number of nitrogens with zero attached hydrogens (tertiary/aromatic N) is 2. The average Bonchev–Trinajstić information content (AvgIpc) is 3.21. The summed E-state index contributed by atoms with van der Waals surface area (Å²) in [4.78, 5) is 20.3. The van der Waals surface area contributed by atoms with Crippen LogP contribution < -0.4 is 5.32 Å². The minimum absolute atomic E-state index is 0.0984. The molecule has 0 radical (unpaired) electrons. The summed E-state index contributed by atoms with van der Waals surface area (Å²) >= 11 is 0. The molecule has 37 heavy (non-hydrogen) atoms. The maximum absolute atomic E-state index is 13.2. The summed E-state index contributed by atoms with van der Waals surface area (Å²) in [5.41, 5.74) is 4.62. The van der Waals surface area contributed by atoms with Gasteiger partial charge in [0.1, 0.15) is 0 Å². The van der Waals surface area contributed by atoms with Crippen molar-refractivity contribution in [3.05, 3.63) is 64.5 Å². The minimum Gasteiger partial charge on any atom is -0.382 e. The number of hydrogen-bond donors (Lipinski definition) is 1. The molecule has 0 spiro atoms. The zero-order chi connectivity index (χ0) is 26.7. The van der Waals surface area contributed by atoms with Gasteiger partial charge in [-0.25, -0.2) is 0 Å². The van der Waals surface area contributed by atoms with Gasteiger partial charge in [-0.3, -0.25) is 14.7 Å². The van der Waals surface area contributed by atoms with Crippen molar-refractivity contribution in [3.63, 3.8) is 0 Å². The highest BCUT2D eigenvalue weighted by atomic mass is 19.4. The standard InChI is InChI=1S/C29H38F3N3O2/c1-18(2)27-26-23(16-35(27)15-20-7-11-24(12-8-20)29(30,31)32)13-22(14-33-26)28(36)34-25(17-37-4)21-9-5-19(3)6-10-21/h5-6,9-10,13-14,18,20,24-25,27H,7-8,11-12,15-17H2,1-4H3,(H,34,36)/t20?,24?,25-,27-/m0/s1. The highest BCUT2D eigenvalue weighted by Crippen LogP contribution is 2.43. The third-order valence-corrected chi connectivity index (χ3v) is 7.86. The number of amides is 1. The first-order valence-corrected chi connectivity index (χ1v) is 13.2. The molecule has 2 atom stereocenters. The number of aryl methyl sites for hydroxylation is 1. The van der Waals surface area contributed by atoms with Crippen molar-refractivity contribution in [1.82, 2.24) is 15.2 Å². The first kappa shape index (κ1) is 27.6. The van der Waals surface area contributed by atoms with Crippen molar-refractivity contribution in [2.45, 2.75) is 71.3 Å². The van der Waals surface area contributed by atoms with E-state index in [2.05, 4.69) is 24.1 Å². The zero-order valence-corrected chi connectivity index (χ0v) is 22.1. The molecule has 1 aliphatic carbocycles. The molecule has 8 heteroatoms. The van der Waals surface area contributed by atoms with E-state index < -0.39 is 12.1 Å². The number of carbonyl (C=O) groups excluding carboxylic acids is 1. The van der Waals surface area contributed by atoms with E-state index in [9.17, 15) is 18.0 Å². The van der Waals surface area contributed by atoms with Crippen molar-refractivity contribution < 1.29 is 22.7 Å². The van der Waals surface area contributed by atoms with Crippen molar-refractivity contribution in [1.29, 1.82) is 0 Å². The molecule has 2 aromatic rings. The summed E-state index contributed by atoms with van der Waals surface area (Å²) in [5, 5.41) is 3.08. The normalized spacial score (nSPS) is 23.2. The summed E-state index contributed by atoms with van der Waals surface area (Å²) in [5.74, 6) is -0.818. The Balaban J connectivity index is 1.45. The van der Waals surface area contributed by atoms with E-state index >= 15 is 0 Å². The molecule has 1 fully saturated rings. The smallest absolute Gasteiger partial charge is 0.382 e. The lowest BCUT2D eigenvalue weighted by Gasteiger charge is -2.35. The van der Waals surface area contributed by atoms with Gasteiger partial charge in [0.15, 0.2) is 0 Å². The van der Waals surface area contributed by atoms with Crippen LogP contribution in [0.2, 0.25) is 0 Å². The van der Waals surface area contributed by atoms with Gasteiger partial charge in [0, 0.05) is 26.4 Å². The Hall–Kier alpha value is -2.45. The first-order chi connectivity index (χ1) is 17.6. The van der Waals surface area contributed by atoms with E-state index in [1.807, 2.05) is 37.3 Å². The molecule has 1 aliphatic heterocycles. The maximum atomic E-state index is 13.2. The molecular formula is C29H38F3N3O2. The highest BCUT2D eigenvalue weighted by Gasteiger charge is 2.42. The maximum Gasteiger partial charge on any atom is 0.391 e. The third kappa shape index (κ3) is 6.52. The van der Waals surface area contributed by atoms with E-state index in [0.717, 1.165) is 28.9 Å². The molecule has 1 aromatic heterocycles. The summed E-state index contributed by atoms with van der Waals surface area (Å²) < 4.78 is 44.7. The number of ether oxygens (including phenoxy) is 1. The molecule has 202 valence electrons. The topological polar surface area (TPSA) is 54.5 Å². The number of fused-ring (bicyclic) bond motifs is 1. The van der Waals surface area contributed by atoms with Gasteiger partial charge in [0.2, 0.25) is 0 Å². The predicted molar refractivity (Wildman–Crippen MR) is 137 cm³/mol. The van der Waals surface area contributed by atoms with E-state index in [-0.39, 0.29) is 36.8 Å². The Morgan fingerprint density at radius 2 is 1.84 bits per heavy atom. The summed E-state index contributed by atoms with van der Waals surface area (Å²) in [6.07, 6.45) is -0.814. The van der Waals surface area contributed by atoms with E-state index in [1.54, 1.807) is 13.3 Å². The quantitative estimate of drug-likeness (QED) is 0.441. The van der Waals surface area contributed by atoms with Crippen LogP contribution in [0, 0.1) is 24.7 Å². The fourth-order valence-corrected chi connectivity index (χ4v) is 5.88. The lowest BCUT2D eigenvalue weighted by atomic mass is 9.81. The van der Waals surface area contributed by atoms with Gasteiger partial charge in [0.05, 0.1) is 35.9 Å². The van der Waals surface area contributed by atoms with E-state index in [4.69, 9.17) is 9.72 Å². The number of nitrogens with one attached hydrogen (secondary N) is 1. The largest absolute Gasteiger partial charge is 0.391 e. The number of carbonyl (C=O) groups is 1. The van der Waals surface area contributed by atoms with Gasteiger partial charge < -0.3 is 10.1 Å². The molecule has 1 saturated carbocycles. The molecular weight excluding hydrogens is 479 g/mol. The molecule has 2 heterocycles. The van der Waals surface area contributed by atoms with Gasteiger partial charge in [-0.05, 0) is 61.6 Å². The van der Waals surface area contributed by atoms with Crippen LogP contribution in [-0.2, 0) is 11.3 Å². The molecule has 1 aromatic carbocycles. The van der Waals surface area contributed by atoms with Gasteiger partial charge in [-0.2, -0.15) is 13.2 Å². The zero-order valence-electron chi connectivity index (χ0n) is 22.1. The predicted octanol–water partition coefficient (Wildman–Crippen LogP) is 6.39. The number of halogens is 3. The third-order valence-electron chi connectivity index (χ3n) is 7.86. The van der Waals surface area contributed by atoms with Crippen LogP contribution in [-0.4, -0.2) is 42.2 Å². The fraction of sp³-hybridized carbons (Fsp3) is 0.586. The molecule has 2 aliphatic rings. The Kier molecular flexibility index (Phi) is 8.59. The molecule has 0 unspecified atom stereocenters. The van der Waals surface area contributed by atoms with E-state index in [1.165, 1.54) is 0 Å². The van der Waals surface area contributed by atoms with Crippen LogP contribution in [0.25, 0.3) is 0 Å². The van der Waals surface area contributed by atoms with Gasteiger partial charge in [0.25, 0.3) is 5.91 Å². The first-order valence-electron chi connectivity index (χ1n) is 13.2. The number of hydrogen-bond acceptors (Lipinski definition) is 4. The summed E-state index contributed by atoms with van der Waals surface area (Å²) in [7, 11) is 1.61. The van der Waals surface area contributed by atoms with Gasteiger partial charge >= 0.3 is 6.18 Å². The van der Waals surface area contributed by atoms with Crippen LogP contribution in [0.1, 0.15) is 84.4 Å². The molecule has 5 nitrogen and oxygen atoms in total. The van der Waals surface area contributed by atoms with E-state index in [0.29, 0.717) is 37.5 Å². The average molecular weight is 518 g/mol. The molecule has 0 bridgehead atoms. The lowest BCUT2D eigenvalue weighted by Crippen LogP contribution is -2.35. The van der Waals surface area contributed by atoms with Crippen LogP contribution in [0.3, 0.4) is 0 Å². The molecule has 1 amide bonds. The number of alkyl halides is 3. The van der Waals surface area contributed by atoms with Crippen molar-refractivity contribution in [2.75, 3.05) is 20.3 Å². The minimum atomic E-state index is -4.09. The number of methoxy groups -OCH3 is 1.